The zero-order chi connectivity index (χ0) is 104. The van der Waals surface area contributed by atoms with Gasteiger partial charge in [0.2, 0.25) is 53.2 Å². The molecular formula is C109H116BrF12N15O8. The van der Waals surface area contributed by atoms with Crippen molar-refractivity contribution >= 4 is 99.8 Å². The van der Waals surface area contributed by atoms with Gasteiger partial charge in [-0.15, -0.1) is 10.2 Å². The maximum absolute atomic E-state index is 15.4. The fraction of sp³-hybridized carbons (Fsp3) is 0.367. The number of nitrogens with zero attached hydrogens (tertiary/aromatic N) is 13. The van der Waals surface area contributed by atoms with Crippen LogP contribution in [0.2, 0.25) is 0 Å². The van der Waals surface area contributed by atoms with Crippen molar-refractivity contribution in [2.24, 2.45) is 0 Å². The number of carbonyl (C=O) groups excluding carboxylic acids is 3. The van der Waals surface area contributed by atoms with Crippen molar-refractivity contribution < 1.29 is 90.8 Å². The number of halogens is 13. The molecule has 5 fully saturated rings. The minimum Gasteiger partial charge on any atom is -0.476 e. The lowest BCUT2D eigenvalue weighted by Gasteiger charge is -2.26. The molecule has 0 bridgehead atoms. The molecule has 3 saturated carbocycles. The Kier molecular flexibility index (Phi) is 35.5. The van der Waals surface area contributed by atoms with E-state index in [4.69, 9.17) is 23.7 Å². The van der Waals surface area contributed by atoms with Gasteiger partial charge in [0.15, 0.2) is 12.5 Å². The number of amides is 3. The van der Waals surface area contributed by atoms with Crippen LogP contribution >= 0.6 is 15.9 Å². The Morgan fingerprint density at radius 3 is 1.10 bits per heavy atom. The fourth-order valence-corrected chi connectivity index (χ4v) is 17.4. The van der Waals surface area contributed by atoms with Gasteiger partial charge in [-0.25, -0.2) is 24.3 Å². The summed E-state index contributed by atoms with van der Waals surface area (Å²) in [5.74, 6) is -1.18. The molecule has 2 N–H and O–H groups in total. The first-order valence-electron chi connectivity index (χ1n) is 47.7. The molecule has 766 valence electrons. The van der Waals surface area contributed by atoms with E-state index in [-0.39, 0.29) is 84.6 Å². The molecule has 145 heavy (non-hydrogen) atoms. The van der Waals surface area contributed by atoms with Gasteiger partial charge < -0.3 is 43.7 Å². The number of fused-ring (bicyclic) bond motifs is 3. The van der Waals surface area contributed by atoms with E-state index < -0.39 is 61.9 Å². The van der Waals surface area contributed by atoms with E-state index in [1.807, 2.05) is 33.3 Å². The predicted molar refractivity (Wildman–Crippen MR) is 539 cm³/mol. The molecule has 8 heterocycles. The molecule has 6 aromatic carbocycles. The van der Waals surface area contributed by atoms with Gasteiger partial charge in [0.1, 0.15) is 19.8 Å². The largest absolute Gasteiger partial charge is 0.476 e. The standard InChI is InChI=1S/C38H41F4N5O3.C33H33F4N5O2.C32H32F4N4O2.C6H10BrNO/c1-45(2)33(48)12-9-20-46(3)37(18-19-37)25-50-32-17-15-28(24-43-32)35(30(23-38(40,41)42)26-10-5-4-6-11-26)27-14-16-31-29(22-27)36(39)44-47(31)34-13-7-8-21-49-34;1-41(2)29(43)10-7-17-42(3)32(15-16-32)21-44-28-14-12-24(20-38-28)30(23-11-13-27-25(18-23)31(34)40-39-27)26(19-33(35,36)37)22-8-5-4-6-9-22;1-37-31(14-15-31)20-42-27-13-11-23(19-38-27)29(25(18-32(34,35)36)21-7-3-2-4-8-21)22-10-12-26-24(17-22)30(33)39-40(26)28-9-5-6-16-41-28;1-8(2)6(9)4-3-5-7/h4-6,9-12,14-17,22,24,34H,7-8,13,18-21,23,25H2,1-3H3;4-14,18,20H,15-17,19,21H2,1-3H3,(H,39,40);2-4,7-8,10-13,17,19,28,37H,5-6,9,14-16,18,20H2,1H3;3-4H,5H2,1-2H3/b12-9+,35-30-;10-7+,30-26-;29-25-;4-3+. The topological polar surface area (TPSA) is 229 Å². The van der Waals surface area contributed by atoms with Crippen LogP contribution in [-0.4, -0.2) is 237 Å². The Morgan fingerprint density at radius 1 is 0.441 bits per heavy atom. The third-order valence-corrected chi connectivity index (χ3v) is 26.5. The number of ether oxygens (including phenoxy) is 5. The lowest BCUT2D eigenvalue weighted by molar-refractivity contribution is -0.124. The first-order valence-corrected chi connectivity index (χ1v) is 48.8. The van der Waals surface area contributed by atoms with Gasteiger partial charge in [-0.1, -0.05) is 143 Å². The molecular weight excluding hydrogens is 1960 g/mol. The van der Waals surface area contributed by atoms with Crippen molar-refractivity contribution in [3.8, 4) is 17.6 Å². The van der Waals surface area contributed by atoms with Crippen LogP contribution in [0.1, 0.15) is 159 Å². The molecule has 2 atom stereocenters. The maximum Gasteiger partial charge on any atom is 0.393 e. The van der Waals surface area contributed by atoms with Gasteiger partial charge in [-0.05, 0) is 226 Å². The minimum absolute atomic E-state index is 0.0226. The average molecular weight is 2070 g/mol. The highest BCUT2D eigenvalue weighted by Crippen LogP contribution is 2.48. The molecule has 2 saturated heterocycles. The van der Waals surface area contributed by atoms with E-state index in [1.54, 1.807) is 236 Å². The highest BCUT2D eigenvalue weighted by atomic mass is 79.9. The molecule has 17 rings (SSSR count). The number of pyridine rings is 3. The number of nitrogens with one attached hydrogen (secondary N) is 2. The Morgan fingerprint density at radius 2 is 0.786 bits per heavy atom. The van der Waals surface area contributed by atoms with Crippen LogP contribution in [0.15, 0.2) is 237 Å². The van der Waals surface area contributed by atoms with E-state index in [9.17, 15) is 58.3 Å². The van der Waals surface area contributed by atoms with Crippen molar-refractivity contribution in [3.63, 3.8) is 0 Å². The van der Waals surface area contributed by atoms with Crippen molar-refractivity contribution in [1.29, 1.82) is 0 Å². The van der Waals surface area contributed by atoms with Crippen LogP contribution in [0.4, 0.5) is 52.7 Å². The Balaban J connectivity index is 0.000000165. The van der Waals surface area contributed by atoms with Crippen LogP contribution in [0.3, 0.4) is 0 Å². The number of hydrogen-bond donors (Lipinski definition) is 2. The lowest BCUT2D eigenvalue weighted by Crippen LogP contribution is -2.39. The Bertz CT molecular complexity index is 6620. The van der Waals surface area contributed by atoms with Gasteiger partial charge in [0.25, 0.3) is 0 Å². The van der Waals surface area contributed by atoms with Crippen LogP contribution < -0.4 is 19.5 Å². The van der Waals surface area contributed by atoms with Crippen molar-refractivity contribution in [2.75, 3.05) is 115 Å². The molecule has 5 aliphatic rings. The van der Waals surface area contributed by atoms with Crippen LogP contribution in [-0.2, 0) is 23.9 Å². The number of benzene rings is 6. The number of aromatic nitrogens is 9. The molecule has 23 nitrogen and oxygen atoms in total. The van der Waals surface area contributed by atoms with E-state index in [2.05, 4.69) is 66.4 Å². The van der Waals surface area contributed by atoms with E-state index >= 15 is 8.78 Å². The third kappa shape index (κ3) is 28.6. The van der Waals surface area contributed by atoms with Crippen LogP contribution in [0.25, 0.3) is 66.1 Å². The summed E-state index contributed by atoms with van der Waals surface area (Å²) in [7, 11) is 16.1. The van der Waals surface area contributed by atoms with Crippen molar-refractivity contribution in [3.05, 3.63) is 305 Å². The number of allylic oxidation sites excluding steroid dienone is 4. The molecule has 6 aromatic heterocycles. The Labute approximate surface area is 841 Å². The smallest absolute Gasteiger partial charge is 0.393 e. The third-order valence-electron chi connectivity index (χ3n) is 26.1. The number of H-pyrrole nitrogens is 1. The van der Waals surface area contributed by atoms with Gasteiger partial charge in [0.05, 0.1) is 68.6 Å². The molecule has 0 radical (unpaired) electrons. The zero-order valence-electron chi connectivity index (χ0n) is 81.9. The second-order valence-corrected chi connectivity index (χ2v) is 37.8. The second-order valence-electron chi connectivity index (χ2n) is 37.2. The van der Waals surface area contributed by atoms with E-state index in [0.29, 0.717) is 149 Å². The number of carbonyl (C=O) groups is 3. The summed E-state index contributed by atoms with van der Waals surface area (Å²) >= 11 is 3.17. The summed E-state index contributed by atoms with van der Waals surface area (Å²) in [5, 5.41) is 19.0. The van der Waals surface area contributed by atoms with Crippen molar-refractivity contribution in [1.82, 2.24) is 74.5 Å². The van der Waals surface area contributed by atoms with Crippen molar-refractivity contribution in [2.45, 2.75) is 144 Å². The minimum atomic E-state index is -4.52. The maximum atomic E-state index is 15.4. The molecule has 36 heteroatoms. The van der Waals surface area contributed by atoms with E-state index in [0.717, 1.165) is 69.5 Å². The number of hydrogen-bond acceptors (Lipinski definition) is 17. The summed E-state index contributed by atoms with van der Waals surface area (Å²) in [6.07, 6.45) is 7.51. The summed E-state index contributed by atoms with van der Waals surface area (Å²) in [6.45, 7) is 3.45. The Hall–Kier alpha value is -13.1. The molecule has 12 aromatic rings. The monoisotopic (exact) mass is 2070 g/mol. The first-order chi connectivity index (χ1) is 69.3. The highest BCUT2D eigenvalue weighted by Gasteiger charge is 2.49. The quantitative estimate of drug-likeness (QED) is 0.0165. The number of alkyl halides is 10. The summed E-state index contributed by atoms with van der Waals surface area (Å²) in [4.78, 5) is 56.6. The molecule has 0 spiro atoms. The average Bonchev–Trinajstić information content (AvgIpc) is 1.70. The predicted octanol–water partition coefficient (Wildman–Crippen LogP) is 22.5. The summed E-state index contributed by atoms with van der Waals surface area (Å²) in [6, 6.07) is 49.9. The van der Waals surface area contributed by atoms with Gasteiger partial charge in [0, 0.05) is 140 Å². The number of aromatic amines is 1. The number of likely N-dealkylation sites (N-methyl/N-ethyl adjacent to an activating group) is 6. The van der Waals surface area contributed by atoms with Gasteiger partial charge in [-0.2, -0.15) is 57.8 Å². The first kappa shape index (κ1) is 108. The molecule has 3 amide bonds. The van der Waals surface area contributed by atoms with Crippen LogP contribution in [0, 0.1) is 17.8 Å². The normalized spacial score (nSPS) is 16.9. The van der Waals surface area contributed by atoms with Gasteiger partial charge in [-0.3, -0.25) is 29.3 Å². The van der Waals surface area contributed by atoms with E-state index in [1.165, 1.54) is 54.8 Å². The fourth-order valence-electron chi connectivity index (χ4n) is 17.2. The van der Waals surface area contributed by atoms with Gasteiger partial charge >= 0.3 is 18.5 Å². The summed E-state index contributed by atoms with van der Waals surface area (Å²) in [5.41, 5.74) is 5.74. The van der Waals surface area contributed by atoms with Crippen LogP contribution in [0.5, 0.6) is 17.6 Å². The zero-order valence-corrected chi connectivity index (χ0v) is 83.5. The second kappa shape index (κ2) is 47.8. The number of rotatable bonds is 34. The summed E-state index contributed by atoms with van der Waals surface area (Å²) < 4.78 is 205. The molecule has 2 unspecified atom stereocenters. The SMILES string of the molecule is CN(C)C(=O)/C=C/CBr.CN(C)C(=O)/C=C/CN(C)C1(COc2ccc(/C(=C(/CC(F)(F)F)c3ccccc3)c3ccc4c(c3)c(F)nn4C3CCCCO3)cn2)CC1.CN(C)C(=O)/C=C/CN(C)C1(COc2ccc(/C(=C(/CC(F)(F)F)c3ccccc3)c3ccc4n[nH]c(F)c4c3)cn2)CC1.CNC1(COc2ccc(/C(=C(/CC(F)(F)F)c3ccccc3)c3ccc4c(c3)c(F)nn4C3CCCCO3)cn2)CC1. The molecule has 2 aliphatic heterocycles. The molecule has 3 aliphatic carbocycles. The lowest BCUT2D eigenvalue weighted by atomic mass is 9.88. The highest BCUT2D eigenvalue weighted by molar-refractivity contribution is 9.09.